The highest BCUT2D eigenvalue weighted by atomic mass is 32.2. The molecule has 1 atom stereocenters. The van der Waals surface area contributed by atoms with Crippen LogP contribution < -0.4 is 0 Å². The summed E-state index contributed by atoms with van der Waals surface area (Å²) in [7, 11) is -3.34. The summed E-state index contributed by atoms with van der Waals surface area (Å²) in [6, 6.07) is 5.63. The first-order valence-corrected chi connectivity index (χ1v) is 6.71. The Morgan fingerprint density at radius 1 is 1.47 bits per heavy atom. The lowest BCUT2D eigenvalue weighted by atomic mass is 10.2. The monoisotopic (exact) mass is 252 g/mol. The van der Waals surface area contributed by atoms with Gasteiger partial charge < -0.3 is 4.74 Å². The molecule has 0 saturated heterocycles. The average Bonchev–Trinajstić information content (AvgIpc) is 2.28. The van der Waals surface area contributed by atoms with Gasteiger partial charge in [0.05, 0.1) is 10.5 Å². The van der Waals surface area contributed by atoms with Crippen LogP contribution in [0.2, 0.25) is 0 Å². The molecule has 0 amide bonds. The van der Waals surface area contributed by atoms with Crippen LogP contribution in [-0.4, -0.2) is 26.7 Å². The van der Waals surface area contributed by atoms with Gasteiger partial charge in [0.15, 0.2) is 15.9 Å². The Balaban J connectivity index is 3.02. The zero-order valence-corrected chi connectivity index (χ0v) is 10.3. The first kappa shape index (κ1) is 13.3. The zero-order valence-electron chi connectivity index (χ0n) is 9.51. The lowest BCUT2D eigenvalue weighted by Gasteiger charge is -2.07. The smallest absolute Gasteiger partial charge is 0.339 e. The maximum absolute atomic E-state index is 11.6. The molecule has 0 aliphatic heterocycles. The van der Waals surface area contributed by atoms with Gasteiger partial charge >= 0.3 is 5.97 Å². The van der Waals surface area contributed by atoms with E-state index in [9.17, 15) is 13.2 Å². The van der Waals surface area contributed by atoms with Gasteiger partial charge in [-0.05, 0) is 25.1 Å². The van der Waals surface area contributed by atoms with Crippen LogP contribution in [0.1, 0.15) is 17.3 Å². The van der Waals surface area contributed by atoms with Crippen molar-refractivity contribution in [3.63, 3.8) is 0 Å². The highest BCUT2D eigenvalue weighted by molar-refractivity contribution is 7.90. The molecule has 0 unspecified atom stereocenters. The van der Waals surface area contributed by atoms with Crippen molar-refractivity contribution >= 4 is 15.8 Å². The minimum Gasteiger partial charge on any atom is -0.446 e. The second-order valence-electron chi connectivity index (χ2n) is 3.51. The summed E-state index contributed by atoms with van der Waals surface area (Å²) in [6.07, 6.45) is 5.50. The third kappa shape index (κ3) is 3.61. The highest BCUT2D eigenvalue weighted by Gasteiger charge is 2.13. The largest absolute Gasteiger partial charge is 0.446 e. The van der Waals surface area contributed by atoms with E-state index in [1.165, 1.54) is 24.3 Å². The van der Waals surface area contributed by atoms with Gasteiger partial charge in [0.2, 0.25) is 0 Å². The predicted molar refractivity (Wildman–Crippen MR) is 63.3 cm³/mol. The van der Waals surface area contributed by atoms with Crippen LogP contribution in [0.3, 0.4) is 0 Å². The maximum atomic E-state index is 11.6. The highest BCUT2D eigenvalue weighted by Crippen LogP contribution is 2.12. The van der Waals surface area contributed by atoms with E-state index in [1.807, 2.05) is 0 Å². The second-order valence-corrected chi connectivity index (χ2v) is 5.53. The molecule has 0 fully saturated rings. The quantitative estimate of drug-likeness (QED) is 0.600. The Morgan fingerprint density at radius 2 is 2.12 bits per heavy atom. The van der Waals surface area contributed by atoms with E-state index < -0.39 is 21.9 Å². The van der Waals surface area contributed by atoms with E-state index in [2.05, 4.69) is 5.92 Å². The molecule has 0 N–H and O–H groups in total. The van der Waals surface area contributed by atoms with E-state index in [0.29, 0.717) is 0 Å². The lowest BCUT2D eigenvalue weighted by Crippen LogP contribution is -2.13. The summed E-state index contributed by atoms with van der Waals surface area (Å²) in [5, 5.41) is 0. The Labute approximate surface area is 101 Å². The van der Waals surface area contributed by atoms with Crippen molar-refractivity contribution < 1.29 is 17.9 Å². The van der Waals surface area contributed by atoms with Crippen LogP contribution in [-0.2, 0) is 14.6 Å². The fraction of sp³-hybridized carbons (Fsp3) is 0.250. The maximum Gasteiger partial charge on any atom is 0.339 e. The van der Waals surface area contributed by atoms with E-state index >= 15 is 0 Å². The van der Waals surface area contributed by atoms with Gasteiger partial charge in [0.1, 0.15) is 0 Å². The number of esters is 1. The molecule has 0 aliphatic rings. The Kier molecular flexibility index (Phi) is 3.92. The number of carbonyl (C=O) groups excluding carboxylic acids is 1. The van der Waals surface area contributed by atoms with Crippen molar-refractivity contribution in [2.24, 2.45) is 0 Å². The minimum absolute atomic E-state index is 0.0697. The van der Waals surface area contributed by atoms with Gasteiger partial charge in [-0.25, -0.2) is 13.2 Å². The van der Waals surface area contributed by atoms with Crippen LogP contribution in [0, 0.1) is 12.3 Å². The minimum atomic E-state index is -3.34. The van der Waals surface area contributed by atoms with Crippen LogP contribution in [0.15, 0.2) is 29.2 Å². The molecule has 1 aromatic rings. The van der Waals surface area contributed by atoms with E-state index in [0.717, 1.165) is 6.26 Å². The fourth-order valence-corrected chi connectivity index (χ4v) is 1.78. The first-order chi connectivity index (χ1) is 7.84. The first-order valence-electron chi connectivity index (χ1n) is 4.82. The molecule has 5 heteroatoms. The number of hydrogen-bond acceptors (Lipinski definition) is 4. The normalized spacial score (nSPS) is 12.5. The third-order valence-corrected chi connectivity index (χ3v) is 3.13. The average molecular weight is 252 g/mol. The molecule has 0 aromatic heterocycles. The molecule has 90 valence electrons. The van der Waals surface area contributed by atoms with Gasteiger partial charge in [-0.15, -0.1) is 6.42 Å². The number of sulfone groups is 1. The van der Waals surface area contributed by atoms with Crippen molar-refractivity contribution in [1.82, 2.24) is 0 Å². The number of benzene rings is 1. The SMILES string of the molecule is C#C[C@H](C)OC(=O)c1cccc(S(C)(=O)=O)c1. The molecule has 0 saturated carbocycles. The van der Waals surface area contributed by atoms with Crippen LogP contribution in [0.25, 0.3) is 0 Å². The van der Waals surface area contributed by atoms with Crippen LogP contribution in [0.5, 0.6) is 0 Å². The second kappa shape index (κ2) is 5.02. The molecular weight excluding hydrogens is 240 g/mol. The predicted octanol–water partition coefficient (Wildman–Crippen LogP) is 1.27. The Bertz CT molecular complexity index is 566. The molecule has 0 spiro atoms. The summed E-state index contributed by atoms with van der Waals surface area (Å²) >= 11 is 0. The molecular formula is C12H12O4S. The molecule has 17 heavy (non-hydrogen) atoms. The van der Waals surface area contributed by atoms with Gasteiger partial charge in [0.25, 0.3) is 0 Å². The number of rotatable bonds is 3. The molecule has 0 aliphatic carbocycles. The van der Waals surface area contributed by atoms with E-state index in [4.69, 9.17) is 11.2 Å². The topological polar surface area (TPSA) is 60.4 Å². The number of terminal acetylenes is 1. The summed E-state index contributed by atoms with van der Waals surface area (Å²) < 4.78 is 27.5. The van der Waals surface area contributed by atoms with Crippen LogP contribution >= 0.6 is 0 Å². The van der Waals surface area contributed by atoms with Gasteiger partial charge in [-0.1, -0.05) is 12.0 Å². The lowest BCUT2D eigenvalue weighted by molar-refractivity contribution is 0.0438. The standard InChI is InChI=1S/C12H12O4S/c1-4-9(2)16-12(13)10-6-5-7-11(8-10)17(3,14)15/h1,5-9H,2-3H3/t9-/m0/s1. The molecule has 0 radical (unpaired) electrons. The molecule has 0 bridgehead atoms. The van der Waals surface area contributed by atoms with E-state index in [-0.39, 0.29) is 10.5 Å². The Hall–Kier alpha value is -1.80. The van der Waals surface area contributed by atoms with Gasteiger partial charge in [-0.3, -0.25) is 0 Å². The van der Waals surface area contributed by atoms with Crippen molar-refractivity contribution in [1.29, 1.82) is 0 Å². The van der Waals surface area contributed by atoms with Crippen molar-refractivity contribution in [3.8, 4) is 12.3 Å². The number of ether oxygens (including phenoxy) is 1. The summed E-state index contributed by atoms with van der Waals surface area (Å²) in [5.41, 5.74) is 0.162. The van der Waals surface area contributed by atoms with E-state index in [1.54, 1.807) is 6.92 Å². The van der Waals surface area contributed by atoms with Gasteiger partial charge in [0, 0.05) is 6.26 Å². The molecule has 0 heterocycles. The van der Waals surface area contributed by atoms with Crippen molar-refractivity contribution in [2.45, 2.75) is 17.9 Å². The van der Waals surface area contributed by atoms with Crippen molar-refractivity contribution in [3.05, 3.63) is 29.8 Å². The molecule has 1 aromatic carbocycles. The number of carbonyl (C=O) groups is 1. The third-order valence-electron chi connectivity index (χ3n) is 2.02. The van der Waals surface area contributed by atoms with Crippen LogP contribution in [0.4, 0.5) is 0 Å². The Morgan fingerprint density at radius 3 is 2.65 bits per heavy atom. The number of hydrogen-bond donors (Lipinski definition) is 0. The summed E-state index contributed by atoms with van der Waals surface area (Å²) in [4.78, 5) is 11.7. The summed E-state index contributed by atoms with van der Waals surface area (Å²) in [6.45, 7) is 1.55. The molecule has 4 nitrogen and oxygen atoms in total. The van der Waals surface area contributed by atoms with Crippen molar-refractivity contribution in [2.75, 3.05) is 6.26 Å². The zero-order chi connectivity index (χ0) is 13.1. The van der Waals surface area contributed by atoms with Gasteiger partial charge in [-0.2, -0.15) is 0 Å². The summed E-state index contributed by atoms with van der Waals surface area (Å²) in [5.74, 6) is 1.61. The molecule has 1 rings (SSSR count). The fourth-order valence-electron chi connectivity index (χ4n) is 1.12.